The van der Waals surface area contributed by atoms with Crippen molar-refractivity contribution in [3.63, 3.8) is 0 Å². The van der Waals surface area contributed by atoms with Crippen LogP contribution in [0.4, 0.5) is 0 Å². The molecule has 98 valence electrons. The van der Waals surface area contributed by atoms with Crippen LogP contribution in [0.3, 0.4) is 0 Å². The van der Waals surface area contributed by atoms with Crippen LogP contribution < -0.4 is 0 Å². The van der Waals surface area contributed by atoms with Crippen molar-refractivity contribution in [2.75, 3.05) is 0 Å². The summed E-state index contributed by atoms with van der Waals surface area (Å²) in [5, 5.41) is 2.15. The van der Waals surface area contributed by atoms with Gasteiger partial charge in [0.2, 0.25) is 0 Å². The van der Waals surface area contributed by atoms with E-state index in [0.717, 1.165) is 12.5 Å². The second-order valence-electron chi connectivity index (χ2n) is 4.32. The van der Waals surface area contributed by atoms with Gasteiger partial charge in [0.1, 0.15) is 0 Å². The van der Waals surface area contributed by atoms with Crippen molar-refractivity contribution in [2.45, 2.75) is 51.0 Å². The summed E-state index contributed by atoms with van der Waals surface area (Å²) in [7, 11) is 0. The molecular formula is C12H19Cl3SSi. The van der Waals surface area contributed by atoms with Crippen molar-refractivity contribution >= 4 is 50.6 Å². The van der Waals surface area contributed by atoms with Gasteiger partial charge in [-0.3, -0.25) is 0 Å². The summed E-state index contributed by atoms with van der Waals surface area (Å²) in [5.74, 6) is 0. The number of rotatable bonds is 9. The van der Waals surface area contributed by atoms with Gasteiger partial charge in [-0.1, -0.05) is 38.2 Å². The highest BCUT2D eigenvalue weighted by atomic mass is 35.8. The molecular weight excluding hydrogens is 311 g/mol. The minimum Gasteiger partial charge on any atom is -0.149 e. The van der Waals surface area contributed by atoms with Crippen LogP contribution in [0.25, 0.3) is 0 Å². The van der Waals surface area contributed by atoms with Crippen molar-refractivity contribution in [3.05, 3.63) is 22.4 Å². The summed E-state index contributed by atoms with van der Waals surface area (Å²) in [5.41, 5.74) is 0. The van der Waals surface area contributed by atoms with Gasteiger partial charge >= 0.3 is 6.00 Å². The summed E-state index contributed by atoms with van der Waals surface area (Å²) in [6.45, 7) is 0. The Morgan fingerprint density at radius 3 is 2.18 bits per heavy atom. The van der Waals surface area contributed by atoms with Gasteiger partial charge in [0.05, 0.1) is 0 Å². The van der Waals surface area contributed by atoms with Crippen LogP contribution in [0.2, 0.25) is 6.04 Å². The van der Waals surface area contributed by atoms with Crippen LogP contribution in [-0.2, 0) is 6.42 Å². The first-order chi connectivity index (χ1) is 8.08. The van der Waals surface area contributed by atoms with Crippen molar-refractivity contribution in [2.24, 2.45) is 0 Å². The highest BCUT2D eigenvalue weighted by Gasteiger charge is 2.23. The second-order valence-corrected chi connectivity index (χ2v) is 14.6. The van der Waals surface area contributed by atoms with E-state index in [2.05, 4.69) is 17.5 Å². The van der Waals surface area contributed by atoms with Crippen LogP contribution in [0.15, 0.2) is 17.5 Å². The minimum atomic E-state index is -2.35. The fraction of sp³-hybridized carbons (Fsp3) is 0.667. The standard InChI is InChI=1S/C12H19Cl3SSi/c13-17(14,15)11-6-4-2-1-3-5-8-12-9-7-10-16-12/h7,9-10H,1-6,8,11H2. The van der Waals surface area contributed by atoms with E-state index in [0.29, 0.717) is 0 Å². The number of thiophene rings is 1. The average molecular weight is 330 g/mol. The van der Waals surface area contributed by atoms with Crippen LogP contribution in [0.1, 0.15) is 43.4 Å². The number of hydrogen-bond donors (Lipinski definition) is 0. The zero-order chi connectivity index (χ0) is 12.6. The molecule has 0 nitrogen and oxygen atoms in total. The van der Waals surface area contributed by atoms with Crippen molar-refractivity contribution < 1.29 is 0 Å². The lowest BCUT2D eigenvalue weighted by atomic mass is 10.1. The third-order valence-corrected chi connectivity index (χ3v) is 6.27. The van der Waals surface area contributed by atoms with Gasteiger partial charge < -0.3 is 0 Å². The lowest BCUT2D eigenvalue weighted by Gasteiger charge is -2.06. The Bertz CT molecular complexity index is 282. The molecule has 0 aliphatic rings. The smallest absolute Gasteiger partial charge is 0.149 e. The molecule has 0 amide bonds. The van der Waals surface area contributed by atoms with Gasteiger partial charge in [-0.25, -0.2) is 0 Å². The first-order valence-corrected chi connectivity index (χ1v) is 12.3. The van der Waals surface area contributed by atoms with E-state index in [1.807, 2.05) is 11.3 Å². The maximum absolute atomic E-state index is 5.82. The highest BCUT2D eigenvalue weighted by molar-refractivity contribution is 7.64. The average Bonchev–Trinajstić information content (AvgIpc) is 2.73. The topological polar surface area (TPSA) is 0 Å². The largest absolute Gasteiger partial charge is 0.341 e. The molecule has 1 rings (SSSR count). The Kier molecular flexibility index (Phi) is 8.21. The molecule has 0 aromatic carbocycles. The molecule has 0 aliphatic carbocycles. The molecule has 0 aliphatic heterocycles. The molecule has 0 saturated carbocycles. The predicted octanol–water partition coefficient (Wildman–Crippen LogP) is 6.29. The molecule has 0 unspecified atom stereocenters. The van der Waals surface area contributed by atoms with Gasteiger partial charge in [-0.05, 0) is 30.3 Å². The van der Waals surface area contributed by atoms with Crippen molar-refractivity contribution in [3.8, 4) is 0 Å². The molecule has 0 spiro atoms. The molecule has 0 radical (unpaired) electrons. The monoisotopic (exact) mass is 328 g/mol. The predicted molar refractivity (Wildman–Crippen MR) is 83.8 cm³/mol. The maximum Gasteiger partial charge on any atom is 0.341 e. The lowest BCUT2D eigenvalue weighted by Crippen LogP contribution is -2.07. The number of aryl methyl sites for hydroxylation is 1. The molecule has 1 aromatic rings. The third-order valence-electron chi connectivity index (χ3n) is 2.71. The molecule has 0 atom stereocenters. The van der Waals surface area contributed by atoms with Gasteiger partial charge in [0, 0.05) is 4.88 Å². The maximum atomic E-state index is 5.82. The minimum absolute atomic E-state index is 0.812. The number of unbranched alkanes of at least 4 members (excludes halogenated alkanes) is 5. The molecule has 5 heteroatoms. The Labute approximate surface area is 123 Å². The Morgan fingerprint density at radius 2 is 1.59 bits per heavy atom. The summed E-state index contributed by atoms with van der Waals surface area (Å²) >= 11 is 19.3. The van der Waals surface area contributed by atoms with E-state index in [-0.39, 0.29) is 0 Å². The summed E-state index contributed by atoms with van der Waals surface area (Å²) in [6, 6.07) is 2.81. The van der Waals surface area contributed by atoms with Crippen molar-refractivity contribution in [1.82, 2.24) is 0 Å². The van der Waals surface area contributed by atoms with Crippen molar-refractivity contribution in [1.29, 1.82) is 0 Å². The number of hydrogen-bond acceptors (Lipinski definition) is 1. The zero-order valence-electron chi connectivity index (χ0n) is 9.93. The Morgan fingerprint density at radius 1 is 0.941 bits per heavy atom. The van der Waals surface area contributed by atoms with E-state index >= 15 is 0 Å². The molecule has 0 fully saturated rings. The number of halogens is 3. The van der Waals surface area contributed by atoms with Crippen LogP contribution in [0.5, 0.6) is 0 Å². The first-order valence-electron chi connectivity index (χ1n) is 6.17. The normalized spacial score (nSPS) is 11.9. The van der Waals surface area contributed by atoms with Gasteiger partial charge in [-0.15, -0.1) is 44.6 Å². The van der Waals surface area contributed by atoms with E-state index in [4.69, 9.17) is 33.2 Å². The Hall–Kier alpha value is 0.787. The fourth-order valence-corrected chi connectivity index (χ4v) is 4.39. The molecule has 17 heavy (non-hydrogen) atoms. The zero-order valence-corrected chi connectivity index (χ0v) is 14.0. The quantitative estimate of drug-likeness (QED) is 0.284. The molecule has 1 aromatic heterocycles. The van der Waals surface area contributed by atoms with Crippen LogP contribution >= 0.6 is 44.6 Å². The SMILES string of the molecule is Cl[Si](Cl)(Cl)CCCCCCCCc1cccs1. The van der Waals surface area contributed by atoms with Crippen LogP contribution in [-0.4, -0.2) is 6.00 Å². The van der Waals surface area contributed by atoms with Gasteiger partial charge in [0.15, 0.2) is 0 Å². The molecule has 0 bridgehead atoms. The van der Waals surface area contributed by atoms with Crippen LogP contribution in [0, 0.1) is 0 Å². The summed E-state index contributed by atoms with van der Waals surface area (Å²) in [6.07, 6.45) is 8.74. The molecule has 0 saturated heterocycles. The first kappa shape index (κ1) is 15.8. The fourth-order valence-electron chi connectivity index (χ4n) is 1.79. The van der Waals surface area contributed by atoms with Gasteiger partial charge in [-0.2, -0.15) is 0 Å². The second kappa shape index (κ2) is 8.81. The van der Waals surface area contributed by atoms with Gasteiger partial charge in [0.25, 0.3) is 0 Å². The highest BCUT2D eigenvalue weighted by Crippen LogP contribution is 2.27. The van der Waals surface area contributed by atoms with E-state index in [9.17, 15) is 0 Å². The summed E-state index contributed by atoms with van der Waals surface area (Å²) in [4.78, 5) is 1.51. The third kappa shape index (κ3) is 9.37. The van der Waals surface area contributed by atoms with E-state index in [1.165, 1.54) is 43.4 Å². The lowest BCUT2D eigenvalue weighted by molar-refractivity contribution is 0.608. The Balaban J connectivity index is 1.85. The summed E-state index contributed by atoms with van der Waals surface area (Å²) < 4.78 is 0. The molecule has 0 N–H and O–H groups in total. The van der Waals surface area contributed by atoms with E-state index in [1.54, 1.807) is 0 Å². The molecule has 1 heterocycles. The van der Waals surface area contributed by atoms with E-state index < -0.39 is 6.00 Å².